The Balaban J connectivity index is 1.51. The third kappa shape index (κ3) is 3.12. The van der Waals surface area contributed by atoms with Crippen molar-refractivity contribution in [2.24, 2.45) is 0 Å². The second-order valence-electron chi connectivity index (χ2n) is 6.24. The van der Waals surface area contributed by atoms with Crippen molar-refractivity contribution in [3.63, 3.8) is 0 Å². The molecule has 0 unspecified atom stereocenters. The largest absolute Gasteiger partial charge is 0.489 e. The standard InChI is InChI=1S/C19H19ClN2O2/c20-15-5-1-4-8-18(15)24-12-14(23)11-22-17-7-3-2-6-16(17)21-19(22)13-9-10-13/h1-8,13-14,23H,9-12H2/t14-/m0/s1. The van der Waals surface area contributed by atoms with Gasteiger partial charge in [0.25, 0.3) is 0 Å². The molecule has 124 valence electrons. The summed E-state index contributed by atoms with van der Waals surface area (Å²) in [5, 5.41) is 11.0. The molecule has 0 spiro atoms. The minimum atomic E-state index is -0.628. The van der Waals surface area contributed by atoms with E-state index in [-0.39, 0.29) is 6.61 Å². The van der Waals surface area contributed by atoms with Gasteiger partial charge in [-0.3, -0.25) is 0 Å². The summed E-state index contributed by atoms with van der Waals surface area (Å²) in [5.74, 6) is 2.19. The molecule has 1 aliphatic rings. The number of para-hydroxylation sites is 3. The van der Waals surface area contributed by atoms with Gasteiger partial charge in [0.2, 0.25) is 0 Å². The lowest BCUT2D eigenvalue weighted by atomic mass is 10.3. The Hall–Kier alpha value is -2.04. The predicted molar refractivity (Wildman–Crippen MR) is 94.7 cm³/mol. The van der Waals surface area contributed by atoms with Crippen LogP contribution >= 0.6 is 11.6 Å². The van der Waals surface area contributed by atoms with Crippen LogP contribution in [0.15, 0.2) is 48.5 Å². The fourth-order valence-electron chi connectivity index (χ4n) is 2.95. The second-order valence-corrected chi connectivity index (χ2v) is 6.65. The zero-order valence-corrected chi connectivity index (χ0v) is 14.0. The van der Waals surface area contributed by atoms with Crippen molar-refractivity contribution >= 4 is 22.6 Å². The summed E-state index contributed by atoms with van der Waals surface area (Å²) in [4.78, 5) is 4.75. The average Bonchev–Trinajstić information content (AvgIpc) is 3.37. The summed E-state index contributed by atoms with van der Waals surface area (Å²) in [5.41, 5.74) is 2.05. The van der Waals surface area contributed by atoms with Gasteiger partial charge >= 0.3 is 0 Å². The smallest absolute Gasteiger partial charge is 0.138 e. The van der Waals surface area contributed by atoms with Crippen LogP contribution in [0.1, 0.15) is 24.6 Å². The molecule has 1 heterocycles. The van der Waals surface area contributed by atoms with Crippen molar-refractivity contribution in [2.75, 3.05) is 6.61 Å². The fraction of sp³-hybridized carbons (Fsp3) is 0.316. The maximum absolute atomic E-state index is 10.4. The van der Waals surface area contributed by atoms with Crippen LogP contribution < -0.4 is 4.74 Å². The molecule has 1 N–H and O–H groups in total. The molecule has 5 heteroatoms. The maximum Gasteiger partial charge on any atom is 0.138 e. The summed E-state index contributed by atoms with van der Waals surface area (Å²) in [6.45, 7) is 0.664. The molecule has 0 bridgehead atoms. The Bertz CT molecular complexity index is 857. The molecule has 1 aromatic heterocycles. The highest BCUT2D eigenvalue weighted by molar-refractivity contribution is 6.32. The Morgan fingerprint density at radius 2 is 1.92 bits per heavy atom. The van der Waals surface area contributed by atoms with Crippen LogP contribution in [0, 0.1) is 0 Å². The van der Waals surface area contributed by atoms with Crippen LogP contribution in [0.25, 0.3) is 11.0 Å². The molecule has 4 nitrogen and oxygen atoms in total. The first-order valence-electron chi connectivity index (χ1n) is 8.23. The Kier molecular flexibility index (Phi) is 4.17. The quantitative estimate of drug-likeness (QED) is 0.736. The minimum Gasteiger partial charge on any atom is -0.489 e. The van der Waals surface area contributed by atoms with Gasteiger partial charge in [-0.05, 0) is 37.1 Å². The number of halogens is 1. The maximum atomic E-state index is 10.4. The van der Waals surface area contributed by atoms with Gasteiger partial charge in [-0.2, -0.15) is 0 Å². The molecular formula is C19H19ClN2O2. The van der Waals surface area contributed by atoms with Gasteiger partial charge in [0.1, 0.15) is 24.3 Å². The first-order valence-corrected chi connectivity index (χ1v) is 8.60. The molecule has 0 amide bonds. The van der Waals surface area contributed by atoms with Crippen molar-refractivity contribution < 1.29 is 9.84 Å². The molecule has 0 aliphatic heterocycles. The number of aliphatic hydroxyl groups is 1. The summed E-state index contributed by atoms with van der Waals surface area (Å²) in [6.07, 6.45) is 1.72. The number of aromatic nitrogens is 2. The third-order valence-electron chi connectivity index (χ3n) is 4.29. The molecule has 0 saturated heterocycles. The van der Waals surface area contributed by atoms with Gasteiger partial charge in [-0.25, -0.2) is 4.98 Å². The molecule has 1 fully saturated rings. The van der Waals surface area contributed by atoms with E-state index < -0.39 is 6.10 Å². The highest BCUT2D eigenvalue weighted by atomic mass is 35.5. The summed E-state index contributed by atoms with van der Waals surface area (Å²) < 4.78 is 7.79. The van der Waals surface area contributed by atoms with Crippen LogP contribution in [0.4, 0.5) is 0 Å². The van der Waals surface area contributed by atoms with Gasteiger partial charge in [-0.15, -0.1) is 0 Å². The summed E-state index contributed by atoms with van der Waals surface area (Å²) >= 11 is 6.08. The number of benzene rings is 2. The first kappa shape index (κ1) is 15.5. The van der Waals surface area contributed by atoms with E-state index in [9.17, 15) is 5.11 Å². The molecule has 0 radical (unpaired) electrons. The molecule has 1 atom stereocenters. The van der Waals surface area contributed by atoms with Crippen molar-refractivity contribution in [1.82, 2.24) is 9.55 Å². The zero-order valence-electron chi connectivity index (χ0n) is 13.2. The van der Waals surface area contributed by atoms with Gasteiger partial charge in [-0.1, -0.05) is 35.9 Å². The molecule has 4 rings (SSSR count). The molecule has 24 heavy (non-hydrogen) atoms. The minimum absolute atomic E-state index is 0.195. The van der Waals surface area contributed by atoms with Gasteiger partial charge < -0.3 is 14.4 Å². The number of aliphatic hydroxyl groups excluding tert-OH is 1. The zero-order chi connectivity index (χ0) is 16.5. The SMILES string of the molecule is O[C@H](COc1ccccc1Cl)Cn1c(C2CC2)nc2ccccc21. The number of imidazole rings is 1. The van der Waals surface area contributed by atoms with Gasteiger partial charge in [0.15, 0.2) is 0 Å². The topological polar surface area (TPSA) is 47.3 Å². The van der Waals surface area contributed by atoms with Gasteiger partial charge in [0.05, 0.1) is 22.6 Å². The lowest BCUT2D eigenvalue weighted by molar-refractivity contribution is 0.0927. The van der Waals surface area contributed by atoms with E-state index in [2.05, 4.69) is 10.6 Å². The van der Waals surface area contributed by atoms with Crippen LogP contribution in [0.2, 0.25) is 5.02 Å². The molecule has 1 saturated carbocycles. The van der Waals surface area contributed by atoms with E-state index in [1.165, 1.54) is 12.8 Å². The molecular weight excluding hydrogens is 324 g/mol. The fourth-order valence-corrected chi connectivity index (χ4v) is 3.14. The van der Waals surface area contributed by atoms with E-state index in [1.807, 2.05) is 30.3 Å². The Morgan fingerprint density at radius 3 is 2.71 bits per heavy atom. The lowest BCUT2D eigenvalue weighted by Crippen LogP contribution is -2.24. The van der Waals surface area contributed by atoms with Crippen LogP contribution in [0.5, 0.6) is 5.75 Å². The van der Waals surface area contributed by atoms with E-state index in [0.717, 1.165) is 16.9 Å². The third-order valence-corrected chi connectivity index (χ3v) is 4.60. The first-order chi connectivity index (χ1) is 11.7. The lowest BCUT2D eigenvalue weighted by Gasteiger charge is -2.16. The normalized spacial score (nSPS) is 15.6. The highest BCUT2D eigenvalue weighted by Gasteiger charge is 2.30. The summed E-state index contributed by atoms with van der Waals surface area (Å²) in [7, 11) is 0. The number of fused-ring (bicyclic) bond motifs is 1. The van der Waals surface area contributed by atoms with E-state index in [1.54, 1.807) is 12.1 Å². The number of hydrogen-bond donors (Lipinski definition) is 1. The Morgan fingerprint density at radius 1 is 1.17 bits per heavy atom. The van der Waals surface area contributed by atoms with E-state index in [0.29, 0.717) is 23.2 Å². The number of ether oxygens (including phenoxy) is 1. The Labute approximate surface area is 145 Å². The monoisotopic (exact) mass is 342 g/mol. The number of rotatable bonds is 6. The van der Waals surface area contributed by atoms with E-state index in [4.69, 9.17) is 21.3 Å². The average molecular weight is 343 g/mol. The van der Waals surface area contributed by atoms with Crippen molar-refractivity contribution in [2.45, 2.75) is 31.4 Å². The number of nitrogens with zero attached hydrogens (tertiary/aromatic N) is 2. The molecule has 2 aromatic carbocycles. The number of hydrogen-bond acceptors (Lipinski definition) is 3. The predicted octanol–water partition coefficient (Wildman–Crippen LogP) is 4.01. The van der Waals surface area contributed by atoms with Crippen molar-refractivity contribution in [3.8, 4) is 5.75 Å². The van der Waals surface area contributed by atoms with Crippen LogP contribution in [-0.2, 0) is 6.54 Å². The summed E-state index contributed by atoms with van der Waals surface area (Å²) in [6, 6.07) is 15.4. The molecule has 1 aliphatic carbocycles. The van der Waals surface area contributed by atoms with Crippen LogP contribution in [-0.4, -0.2) is 27.4 Å². The van der Waals surface area contributed by atoms with E-state index >= 15 is 0 Å². The van der Waals surface area contributed by atoms with Crippen molar-refractivity contribution in [3.05, 3.63) is 59.4 Å². The molecule has 3 aromatic rings. The highest BCUT2D eigenvalue weighted by Crippen LogP contribution is 2.40. The van der Waals surface area contributed by atoms with Crippen molar-refractivity contribution in [1.29, 1.82) is 0 Å². The van der Waals surface area contributed by atoms with Crippen LogP contribution in [0.3, 0.4) is 0 Å². The van der Waals surface area contributed by atoms with Gasteiger partial charge in [0, 0.05) is 5.92 Å². The second kappa shape index (κ2) is 6.46.